The van der Waals surface area contributed by atoms with Crippen LogP contribution in [0.5, 0.6) is 0 Å². The third-order valence-electron chi connectivity index (χ3n) is 12.9. The van der Waals surface area contributed by atoms with E-state index in [2.05, 4.69) is 67.8 Å². The Morgan fingerprint density at radius 2 is 0.710 bits per heavy atom. The highest BCUT2D eigenvalue weighted by atomic mass is 16.3. The minimum atomic E-state index is -0.666. The van der Waals surface area contributed by atoms with E-state index in [1.54, 1.807) is 0 Å². The standard InChI is InChI=1S/C58H109NO3/c1-3-5-7-9-11-13-15-17-19-21-23-25-26-27-28-29-30-31-32-34-35-37-39-41-43-45-47-49-51-53-57(61)56(55-60)59-58(62)54-52-50-48-46-44-42-40-38-36-33-24-22-20-18-16-14-12-10-8-6-4-2/h6,8,12,14,18,20,24,33,56-57,60-61H,3-5,7,9-11,13,15-17,19,21-23,25-32,34-55H2,1-2H3,(H,59,62)/b8-6-,14-12-,20-18-,33-24-. The number of amides is 1. The van der Waals surface area contributed by atoms with Crippen molar-refractivity contribution < 1.29 is 15.0 Å². The molecule has 4 heteroatoms. The summed E-state index contributed by atoms with van der Waals surface area (Å²) in [6, 6.07) is -0.544. The van der Waals surface area contributed by atoms with Crippen LogP contribution in [0.1, 0.15) is 296 Å². The summed E-state index contributed by atoms with van der Waals surface area (Å²) in [6.07, 6.45) is 73.8. The Morgan fingerprint density at radius 1 is 0.403 bits per heavy atom. The van der Waals surface area contributed by atoms with Gasteiger partial charge in [-0.15, -0.1) is 0 Å². The number of hydrogen-bond acceptors (Lipinski definition) is 3. The zero-order valence-electron chi connectivity index (χ0n) is 41.9. The van der Waals surface area contributed by atoms with Crippen LogP contribution in [0.2, 0.25) is 0 Å². The van der Waals surface area contributed by atoms with Gasteiger partial charge < -0.3 is 15.5 Å². The maximum Gasteiger partial charge on any atom is 0.220 e. The smallest absolute Gasteiger partial charge is 0.220 e. The first-order valence-corrected chi connectivity index (χ1v) is 27.8. The molecule has 0 heterocycles. The topological polar surface area (TPSA) is 69.6 Å². The molecule has 0 radical (unpaired) electrons. The van der Waals surface area contributed by atoms with Crippen molar-refractivity contribution in [3.8, 4) is 0 Å². The third-order valence-corrected chi connectivity index (χ3v) is 12.9. The van der Waals surface area contributed by atoms with Crippen LogP contribution in [0.15, 0.2) is 48.6 Å². The van der Waals surface area contributed by atoms with Crippen LogP contribution in [0.3, 0.4) is 0 Å². The molecule has 0 aliphatic rings. The predicted octanol–water partition coefficient (Wildman–Crippen LogP) is 18.3. The first-order valence-electron chi connectivity index (χ1n) is 27.8. The van der Waals surface area contributed by atoms with Gasteiger partial charge in [0.05, 0.1) is 18.8 Å². The fourth-order valence-electron chi connectivity index (χ4n) is 8.65. The largest absolute Gasteiger partial charge is 0.394 e. The molecule has 3 N–H and O–H groups in total. The van der Waals surface area contributed by atoms with Gasteiger partial charge in [-0.25, -0.2) is 0 Å². The lowest BCUT2D eigenvalue weighted by Crippen LogP contribution is -2.45. The highest BCUT2D eigenvalue weighted by molar-refractivity contribution is 5.76. The first kappa shape index (κ1) is 60.4. The molecule has 1 amide bonds. The summed E-state index contributed by atoms with van der Waals surface area (Å²) in [6.45, 7) is 4.27. The summed E-state index contributed by atoms with van der Waals surface area (Å²) in [7, 11) is 0. The van der Waals surface area contributed by atoms with Gasteiger partial charge in [-0.05, 0) is 51.4 Å². The molecule has 0 bridgehead atoms. The van der Waals surface area contributed by atoms with Gasteiger partial charge in [0.2, 0.25) is 5.91 Å². The van der Waals surface area contributed by atoms with Crippen molar-refractivity contribution in [1.29, 1.82) is 0 Å². The molecule has 0 aromatic carbocycles. The Bertz CT molecular complexity index is 985. The molecule has 0 aliphatic heterocycles. The van der Waals surface area contributed by atoms with Gasteiger partial charge in [0, 0.05) is 6.42 Å². The Balaban J connectivity index is 3.45. The second-order valence-corrected chi connectivity index (χ2v) is 19.0. The van der Waals surface area contributed by atoms with Crippen molar-refractivity contribution in [3.63, 3.8) is 0 Å². The Kier molecular flexibility index (Phi) is 52.3. The minimum Gasteiger partial charge on any atom is -0.394 e. The molecule has 0 saturated heterocycles. The Hall–Kier alpha value is -1.65. The molecule has 2 atom stereocenters. The van der Waals surface area contributed by atoms with Crippen LogP contribution in [-0.2, 0) is 4.79 Å². The van der Waals surface area contributed by atoms with E-state index in [9.17, 15) is 15.0 Å². The third kappa shape index (κ3) is 49.4. The maximum atomic E-state index is 12.5. The SMILES string of the molecule is CC/C=C\C/C=C\C/C=C\C/C=C\CCCCCCCCCCC(=O)NC(CO)C(O)CCCCCCCCCCCCCCCCCCCCCCCCCCCCCCC. The van der Waals surface area contributed by atoms with Crippen LogP contribution in [0.25, 0.3) is 0 Å². The highest BCUT2D eigenvalue weighted by Crippen LogP contribution is 2.18. The van der Waals surface area contributed by atoms with Gasteiger partial charge in [-0.1, -0.05) is 287 Å². The van der Waals surface area contributed by atoms with Crippen molar-refractivity contribution in [1.82, 2.24) is 5.32 Å². The van der Waals surface area contributed by atoms with Crippen molar-refractivity contribution in [2.75, 3.05) is 6.61 Å². The zero-order chi connectivity index (χ0) is 44.9. The Morgan fingerprint density at radius 3 is 1.06 bits per heavy atom. The molecule has 0 saturated carbocycles. The van der Waals surface area contributed by atoms with Crippen LogP contribution in [-0.4, -0.2) is 34.9 Å². The summed E-state index contributed by atoms with van der Waals surface area (Å²) in [5.74, 6) is -0.0375. The van der Waals surface area contributed by atoms with Crippen LogP contribution in [0.4, 0.5) is 0 Å². The molecule has 0 rings (SSSR count). The summed E-state index contributed by atoms with van der Waals surface area (Å²) in [5.41, 5.74) is 0. The number of aliphatic hydroxyl groups is 2. The molecule has 2 unspecified atom stereocenters. The highest BCUT2D eigenvalue weighted by Gasteiger charge is 2.20. The number of carbonyl (C=O) groups excluding carboxylic acids is 1. The van der Waals surface area contributed by atoms with Crippen molar-refractivity contribution >= 4 is 5.91 Å². The molecule has 0 aromatic rings. The van der Waals surface area contributed by atoms with Gasteiger partial charge in [0.1, 0.15) is 0 Å². The molecular weight excluding hydrogens is 759 g/mol. The summed E-state index contributed by atoms with van der Waals surface area (Å²) in [4.78, 5) is 12.5. The number of allylic oxidation sites excluding steroid dienone is 8. The lowest BCUT2D eigenvalue weighted by atomic mass is 10.0. The first-order chi connectivity index (χ1) is 30.7. The maximum absolute atomic E-state index is 12.5. The second-order valence-electron chi connectivity index (χ2n) is 19.0. The van der Waals surface area contributed by atoms with Gasteiger partial charge in [0.15, 0.2) is 0 Å². The average molecular weight is 869 g/mol. The quantitative estimate of drug-likeness (QED) is 0.0421. The normalized spacial score (nSPS) is 13.2. The summed E-state index contributed by atoms with van der Waals surface area (Å²) < 4.78 is 0. The number of unbranched alkanes of at least 4 members (excludes halogenated alkanes) is 36. The Labute approximate surface area is 388 Å². The number of nitrogens with one attached hydrogen (secondary N) is 1. The summed E-state index contributed by atoms with van der Waals surface area (Å²) in [5, 5.41) is 23.3. The predicted molar refractivity (Wildman–Crippen MR) is 276 cm³/mol. The number of carbonyl (C=O) groups is 1. The molecule has 364 valence electrons. The number of rotatable bonds is 51. The van der Waals surface area contributed by atoms with E-state index in [1.807, 2.05) is 0 Å². The van der Waals surface area contributed by atoms with E-state index in [0.717, 1.165) is 51.4 Å². The van der Waals surface area contributed by atoms with Crippen molar-refractivity contribution in [2.24, 2.45) is 0 Å². The van der Waals surface area contributed by atoms with Crippen LogP contribution >= 0.6 is 0 Å². The van der Waals surface area contributed by atoms with E-state index in [-0.39, 0.29) is 12.5 Å². The minimum absolute atomic E-state index is 0.0375. The van der Waals surface area contributed by atoms with Crippen molar-refractivity contribution in [2.45, 2.75) is 309 Å². The average Bonchev–Trinajstić information content (AvgIpc) is 3.28. The second kappa shape index (κ2) is 53.7. The lowest BCUT2D eigenvalue weighted by molar-refractivity contribution is -0.123. The van der Waals surface area contributed by atoms with E-state index >= 15 is 0 Å². The van der Waals surface area contributed by atoms with E-state index in [4.69, 9.17) is 0 Å². The molecule has 0 fully saturated rings. The zero-order valence-corrected chi connectivity index (χ0v) is 41.9. The molecule has 62 heavy (non-hydrogen) atoms. The fraction of sp³-hybridized carbons (Fsp3) is 0.845. The fourth-order valence-corrected chi connectivity index (χ4v) is 8.65. The van der Waals surface area contributed by atoms with Gasteiger partial charge in [0.25, 0.3) is 0 Å². The van der Waals surface area contributed by atoms with Crippen LogP contribution < -0.4 is 5.32 Å². The molecular formula is C58H109NO3. The monoisotopic (exact) mass is 868 g/mol. The van der Waals surface area contributed by atoms with Crippen molar-refractivity contribution in [3.05, 3.63) is 48.6 Å². The van der Waals surface area contributed by atoms with Gasteiger partial charge >= 0.3 is 0 Å². The lowest BCUT2D eigenvalue weighted by Gasteiger charge is -2.22. The molecule has 0 aromatic heterocycles. The number of aliphatic hydroxyl groups excluding tert-OH is 2. The van der Waals surface area contributed by atoms with Crippen LogP contribution in [0, 0.1) is 0 Å². The number of hydrogen-bond donors (Lipinski definition) is 3. The van der Waals surface area contributed by atoms with Gasteiger partial charge in [-0.2, -0.15) is 0 Å². The van der Waals surface area contributed by atoms with Gasteiger partial charge in [-0.3, -0.25) is 4.79 Å². The molecule has 4 nitrogen and oxygen atoms in total. The summed E-state index contributed by atoms with van der Waals surface area (Å²) >= 11 is 0. The van der Waals surface area contributed by atoms with E-state index in [1.165, 1.54) is 218 Å². The van der Waals surface area contributed by atoms with E-state index in [0.29, 0.717) is 12.8 Å². The molecule has 0 spiro atoms. The van der Waals surface area contributed by atoms with E-state index < -0.39 is 12.1 Å². The molecule has 0 aliphatic carbocycles.